The highest BCUT2D eigenvalue weighted by Gasteiger charge is 2.37. The number of piperidine rings is 1. The number of nitrogens with zero attached hydrogens (tertiary/aromatic N) is 1. The van der Waals surface area contributed by atoms with Crippen LogP contribution in [0.1, 0.15) is 40.0 Å². The van der Waals surface area contributed by atoms with E-state index in [2.05, 4.69) is 18.0 Å². The highest BCUT2D eigenvalue weighted by atomic mass is 35.5. The lowest BCUT2D eigenvalue weighted by molar-refractivity contribution is 0.0273. The Balaban J connectivity index is 1.62. The molecule has 4 rings (SSSR count). The van der Waals surface area contributed by atoms with E-state index in [-0.39, 0.29) is 17.9 Å². The topological polar surface area (TPSA) is 56.3 Å². The Morgan fingerprint density at radius 2 is 2.03 bits per heavy atom. The Labute approximate surface area is 176 Å². The summed E-state index contributed by atoms with van der Waals surface area (Å²) in [4.78, 5) is 18.7. The number of aliphatic hydroxyl groups excluding tert-OH is 1. The number of carbonyl (C=O) groups excluding carboxylic acids is 1. The predicted molar refractivity (Wildman–Crippen MR) is 118 cm³/mol. The van der Waals surface area contributed by atoms with Gasteiger partial charge in [0.15, 0.2) is 0 Å². The number of likely N-dealkylation sites (tertiary alicyclic amines) is 1. The van der Waals surface area contributed by atoms with Crippen molar-refractivity contribution in [3.8, 4) is 0 Å². The van der Waals surface area contributed by atoms with E-state index >= 15 is 0 Å². The zero-order valence-corrected chi connectivity index (χ0v) is 17.7. The second-order valence-corrected chi connectivity index (χ2v) is 8.83. The van der Waals surface area contributed by atoms with Crippen LogP contribution in [0.2, 0.25) is 5.02 Å². The van der Waals surface area contributed by atoms with Crippen LogP contribution in [-0.4, -0.2) is 40.6 Å². The van der Waals surface area contributed by atoms with Crippen molar-refractivity contribution in [1.29, 1.82) is 0 Å². The minimum Gasteiger partial charge on any atom is -0.396 e. The molecular formula is C24H27ClN2O2. The van der Waals surface area contributed by atoms with Crippen LogP contribution in [0.15, 0.2) is 42.5 Å². The molecule has 0 spiro atoms. The molecule has 3 aromatic rings. The number of amides is 1. The van der Waals surface area contributed by atoms with Gasteiger partial charge in [-0.05, 0) is 62.4 Å². The number of hydrogen-bond acceptors (Lipinski definition) is 2. The monoisotopic (exact) mass is 410 g/mol. The molecule has 5 heteroatoms. The number of aryl methyl sites for hydroxylation is 2. The van der Waals surface area contributed by atoms with Gasteiger partial charge in [-0.25, -0.2) is 0 Å². The Morgan fingerprint density at radius 3 is 2.79 bits per heavy atom. The maximum absolute atomic E-state index is 13.4. The third-order valence-electron chi connectivity index (χ3n) is 6.33. The number of fused-ring (bicyclic) bond motifs is 1. The molecule has 0 saturated carbocycles. The van der Waals surface area contributed by atoms with Crippen molar-refractivity contribution in [3.05, 3.63) is 69.9 Å². The lowest BCUT2D eigenvalue weighted by atomic mass is 9.75. The smallest absolute Gasteiger partial charge is 0.256 e. The van der Waals surface area contributed by atoms with Crippen molar-refractivity contribution >= 4 is 28.4 Å². The Kier molecular flexibility index (Phi) is 5.41. The SMILES string of the molecule is Cc1[nH]c2c(C(=O)N3CCCC(CO)(Cc4cccc(Cl)c4)C3)cccc2c1C. The number of rotatable bonds is 4. The van der Waals surface area contributed by atoms with Crippen molar-refractivity contribution in [3.63, 3.8) is 0 Å². The molecule has 152 valence electrons. The average Bonchev–Trinajstić information content (AvgIpc) is 3.01. The van der Waals surface area contributed by atoms with E-state index in [1.54, 1.807) is 0 Å². The summed E-state index contributed by atoms with van der Waals surface area (Å²) in [6, 6.07) is 13.7. The molecule has 1 saturated heterocycles. The van der Waals surface area contributed by atoms with Gasteiger partial charge >= 0.3 is 0 Å². The molecule has 1 aliphatic rings. The molecule has 1 amide bonds. The molecular weight excluding hydrogens is 384 g/mol. The molecule has 29 heavy (non-hydrogen) atoms. The fourth-order valence-corrected chi connectivity index (χ4v) is 4.83. The van der Waals surface area contributed by atoms with Gasteiger partial charge in [-0.1, -0.05) is 35.9 Å². The normalized spacial score (nSPS) is 19.7. The van der Waals surface area contributed by atoms with Crippen LogP contribution in [0.25, 0.3) is 10.9 Å². The molecule has 1 atom stereocenters. The molecule has 1 aromatic heterocycles. The van der Waals surface area contributed by atoms with Gasteiger partial charge in [0, 0.05) is 34.6 Å². The first-order valence-electron chi connectivity index (χ1n) is 10.1. The second-order valence-electron chi connectivity index (χ2n) is 8.40. The summed E-state index contributed by atoms with van der Waals surface area (Å²) in [6.45, 7) is 5.42. The molecule has 2 heterocycles. The van der Waals surface area contributed by atoms with Crippen molar-refractivity contribution in [2.24, 2.45) is 5.41 Å². The average molecular weight is 411 g/mol. The molecule has 2 aromatic carbocycles. The summed E-state index contributed by atoms with van der Waals surface area (Å²) in [5, 5.41) is 12.1. The van der Waals surface area contributed by atoms with Crippen LogP contribution < -0.4 is 0 Å². The zero-order chi connectivity index (χ0) is 20.6. The summed E-state index contributed by atoms with van der Waals surface area (Å²) < 4.78 is 0. The van der Waals surface area contributed by atoms with E-state index in [0.29, 0.717) is 30.1 Å². The minimum absolute atomic E-state index is 0.0282. The van der Waals surface area contributed by atoms with Crippen LogP contribution in [-0.2, 0) is 6.42 Å². The predicted octanol–water partition coefficient (Wildman–Crippen LogP) is 4.90. The fourth-order valence-electron chi connectivity index (χ4n) is 4.62. The summed E-state index contributed by atoms with van der Waals surface area (Å²) in [7, 11) is 0. The van der Waals surface area contributed by atoms with E-state index in [1.807, 2.05) is 48.2 Å². The molecule has 1 aliphatic heterocycles. The standard InChI is InChI=1S/C24H27ClN2O2/c1-16-17(2)26-22-20(16)8-4-9-21(22)23(29)27-11-5-10-24(14-27,15-28)13-18-6-3-7-19(25)12-18/h3-4,6-9,12,26,28H,5,10-11,13-15H2,1-2H3. The summed E-state index contributed by atoms with van der Waals surface area (Å²) in [5.74, 6) is 0.0282. The van der Waals surface area contributed by atoms with E-state index in [4.69, 9.17) is 11.6 Å². The molecule has 1 fully saturated rings. The Morgan fingerprint density at radius 1 is 1.24 bits per heavy atom. The molecule has 0 bridgehead atoms. The third-order valence-corrected chi connectivity index (χ3v) is 6.56. The highest BCUT2D eigenvalue weighted by Crippen LogP contribution is 2.35. The van der Waals surface area contributed by atoms with Crippen molar-refractivity contribution in [2.45, 2.75) is 33.1 Å². The number of hydrogen-bond donors (Lipinski definition) is 2. The molecule has 2 N–H and O–H groups in total. The summed E-state index contributed by atoms with van der Waals surface area (Å²) in [6.07, 6.45) is 2.48. The summed E-state index contributed by atoms with van der Waals surface area (Å²) >= 11 is 6.15. The van der Waals surface area contributed by atoms with Gasteiger partial charge in [-0.2, -0.15) is 0 Å². The first kappa shape index (κ1) is 20.0. The lowest BCUT2D eigenvalue weighted by Gasteiger charge is -2.42. The Hall–Kier alpha value is -2.30. The lowest BCUT2D eigenvalue weighted by Crippen LogP contribution is -2.49. The van der Waals surface area contributed by atoms with Gasteiger partial charge in [-0.15, -0.1) is 0 Å². The number of nitrogens with one attached hydrogen (secondary N) is 1. The van der Waals surface area contributed by atoms with Gasteiger partial charge < -0.3 is 15.0 Å². The number of H-pyrrole nitrogens is 1. The number of para-hydroxylation sites is 1. The van der Waals surface area contributed by atoms with Gasteiger partial charge in [-0.3, -0.25) is 4.79 Å². The van der Waals surface area contributed by atoms with Crippen molar-refractivity contribution in [1.82, 2.24) is 9.88 Å². The number of aliphatic hydroxyl groups is 1. The quantitative estimate of drug-likeness (QED) is 0.643. The van der Waals surface area contributed by atoms with E-state index in [9.17, 15) is 9.90 Å². The highest BCUT2D eigenvalue weighted by molar-refractivity contribution is 6.30. The molecule has 0 aliphatic carbocycles. The second kappa shape index (κ2) is 7.85. The number of benzene rings is 2. The number of aromatic amines is 1. The van der Waals surface area contributed by atoms with Crippen molar-refractivity contribution in [2.75, 3.05) is 19.7 Å². The first-order valence-corrected chi connectivity index (χ1v) is 10.5. The van der Waals surface area contributed by atoms with Crippen LogP contribution in [0.3, 0.4) is 0 Å². The number of halogens is 1. The molecule has 0 radical (unpaired) electrons. The van der Waals surface area contributed by atoms with E-state index in [0.717, 1.165) is 35.0 Å². The third kappa shape index (κ3) is 3.79. The fraction of sp³-hybridized carbons (Fsp3) is 0.375. The molecule has 1 unspecified atom stereocenters. The van der Waals surface area contributed by atoms with Crippen LogP contribution >= 0.6 is 11.6 Å². The first-order chi connectivity index (χ1) is 13.9. The Bertz CT molecular complexity index is 1060. The van der Waals surface area contributed by atoms with Crippen LogP contribution in [0.5, 0.6) is 0 Å². The number of carbonyl (C=O) groups is 1. The van der Waals surface area contributed by atoms with E-state index in [1.165, 1.54) is 5.56 Å². The maximum Gasteiger partial charge on any atom is 0.256 e. The van der Waals surface area contributed by atoms with Crippen LogP contribution in [0.4, 0.5) is 0 Å². The summed E-state index contributed by atoms with van der Waals surface area (Å²) in [5.41, 5.74) is 4.63. The largest absolute Gasteiger partial charge is 0.396 e. The maximum atomic E-state index is 13.4. The van der Waals surface area contributed by atoms with Gasteiger partial charge in [0.05, 0.1) is 17.7 Å². The van der Waals surface area contributed by atoms with Gasteiger partial charge in [0.25, 0.3) is 5.91 Å². The van der Waals surface area contributed by atoms with E-state index < -0.39 is 0 Å². The van der Waals surface area contributed by atoms with Gasteiger partial charge in [0.1, 0.15) is 0 Å². The number of aromatic nitrogens is 1. The van der Waals surface area contributed by atoms with Crippen LogP contribution in [0, 0.1) is 19.3 Å². The van der Waals surface area contributed by atoms with Gasteiger partial charge in [0.2, 0.25) is 0 Å². The molecule has 4 nitrogen and oxygen atoms in total. The minimum atomic E-state index is -0.339. The zero-order valence-electron chi connectivity index (χ0n) is 17.0. The van der Waals surface area contributed by atoms with Crippen molar-refractivity contribution < 1.29 is 9.90 Å².